The van der Waals surface area contributed by atoms with E-state index in [-0.39, 0.29) is 17.9 Å². The highest BCUT2D eigenvalue weighted by molar-refractivity contribution is 5.92. The van der Waals surface area contributed by atoms with Crippen LogP contribution in [0.2, 0.25) is 0 Å². The SMILES string of the molecule is C[C@H]1OCCC[C@@H]1C(=O)Nc1cccnc1. The Hall–Kier alpha value is -1.42. The van der Waals surface area contributed by atoms with Crippen molar-refractivity contribution in [2.45, 2.75) is 25.9 Å². The Balaban J connectivity index is 1.97. The lowest BCUT2D eigenvalue weighted by atomic mass is 9.94. The molecule has 0 radical (unpaired) electrons. The fourth-order valence-electron chi connectivity index (χ4n) is 1.94. The summed E-state index contributed by atoms with van der Waals surface area (Å²) in [6.07, 6.45) is 5.18. The molecule has 1 aliphatic heterocycles. The van der Waals surface area contributed by atoms with Gasteiger partial charge in [0.1, 0.15) is 0 Å². The third-order valence-electron chi connectivity index (χ3n) is 2.87. The Morgan fingerprint density at radius 2 is 2.50 bits per heavy atom. The first-order chi connectivity index (χ1) is 7.77. The molecule has 4 nitrogen and oxygen atoms in total. The molecule has 2 heterocycles. The van der Waals surface area contributed by atoms with Crippen molar-refractivity contribution >= 4 is 11.6 Å². The van der Waals surface area contributed by atoms with E-state index in [1.807, 2.05) is 13.0 Å². The van der Waals surface area contributed by atoms with Crippen LogP contribution < -0.4 is 5.32 Å². The van der Waals surface area contributed by atoms with Crippen LogP contribution in [0.1, 0.15) is 19.8 Å². The first-order valence-electron chi connectivity index (χ1n) is 5.60. The van der Waals surface area contributed by atoms with Crippen molar-refractivity contribution in [3.8, 4) is 0 Å². The minimum atomic E-state index is -0.0473. The van der Waals surface area contributed by atoms with Crippen LogP contribution in [-0.4, -0.2) is 23.6 Å². The topological polar surface area (TPSA) is 51.2 Å². The number of anilines is 1. The van der Waals surface area contributed by atoms with E-state index in [9.17, 15) is 4.79 Å². The smallest absolute Gasteiger partial charge is 0.230 e. The first-order valence-corrected chi connectivity index (χ1v) is 5.60. The molecule has 4 heteroatoms. The van der Waals surface area contributed by atoms with Gasteiger partial charge in [-0.2, -0.15) is 0 Å². The standard InChI is InChI=1S/C12H16N2O2/c1-9-11(5-3-7-16-9)12(15)14-10-4-2-6-13-8-10/h2,4,6,8-9,11H,3,5,7H2,1H3,(H,14,15)/t9-,11+/m1/s1. The van der Waals surface area contributed by atoms with Gasteiger partial charge in [0.05, 0.1) is 23.9 Å². The summed E-state index contributed by atoms with van der Waals surface area (Å²) < 4.78 is 5.47. The summed E-state index contributed by atoms with van der Waals surface area (Å²) >= 11 is 0. The second-order valence-electron chi connectivity index (χ2n) is 4.06. The van der Waals surface area contributed by atoms with Gasteiger partial charge in [-0.3, -0.25) is 9.78 Å². The normalized spacial score (nSPS) is 25.1. The molecule has 1 aromatic rings. The van der Waals surface area contributed by atoms with Crippen LogP contribution in [0.25, 0.3) is 0 Å². The van der Waals surface area contributed by atoms with Gasteiger partial charge in [0.2, 0.25) is 5.91 Å². The Morgan fingerprint density at radius 1 is 1.62 bits per heavy atom. The minimum Gasteiger partial charge on any atom is -0.378 e. The Morgan fingerprint density at radius 3 is 3.19 bits per heavy atom. The number of nitrogens with zero attached hydrogens (tertiary/aromatic N) is 1. The quantitative estimate of drug-likeness (QED) is 0.827. The van der Waals surface area contributed by atoms with Gasteiger partial charge in [-0.05, 0) is 31.9 Å². The van der Waals surface area contributed by atoms with Gasteiger partial charge in [0, 0.05) is 12.8 Å². The number of pyridine rings is 1. The molecule has 0 aromatic carbocycles. The zero-order chi connectivity index (χ0) is 11.4. The molecule has 1 aliphatic rings. The zero-order valence-corrected chi connectivity index (χ0v) is 9.35. The Bertz CT molecular complexity index is 353. The molecule has 16 heavy (non-hydrogen) atoms. The molecular formula is C12H16N2O2. The molecule has 0 bridgehead atoms. The van der Waals surface area contributed by atoms with Crippen molar-refractivity contribution in [1.82, 2.24) is 4.98 Å². The minimum absolute atomic E-state index is 0.00502. The molecule has 0 aliphatic carbocycles. The van der Waals surface area contributed by atoms with Crippen molar-refractivity contribution in [3.63, 3.8) is 0 Å². The van der Waals surface area contributed by atoms with Gasteiger partial charge in [0.15, 0.2) is 0 Å². The predicted molar refractivity (Wildman–Crippen MR) is 61.0 cm³/mol. The van der Waals surface area contributed by atoms with E-state index in [1.54, 1.807) is 18.5 Å². The number of carbonyl (C=O) groups is 1. The predicted octanol–water partition coefficient (Wildman–Crippen LogP) is 1.84. The van der Waals surface area contributed by atoms with E-state index < -0.39 is 0 Å². The summed E-state index contributed by atoms with van der Waals surface area (Å²) in [5.74, 6) is -0.0193. The summed E-state index contributed by atoms with van der Waals surface area (Å²) in [6.45, 7) is 2.71. The molecule has 2 atom stereocenters. The zero-order valence-electron chi connectivity index (χ0n) is 9.35. The van der Waals surface area contributed by atoms with Crippen molar-refractivity contribution in [2.24, 2.45) is 5.92 Å². The fraction of sp³-hybridized carbons (Fsp3) is 0.500. The molecule has 0 spiro atoms. The second-order valence-corrected chi connectivity index (χ2v) is 4.06. The molecule has 0 unspecified atom stereocenters. The van der Waals surface area contributed by atoms with Crippen molar-refractivity contribution in [1.29, 1.82) is 0 Å². The first kappa shape index (κ1) is 11.1. The largest absolute Gasteiger partial charge is 0.378 e. The van der Waals surface area contributed by atoms with Crippen LogP contribution in [0.3, 0.4) is 0 Å². The van der Waals surface area contributed by atoms with Gasteiger partial charge in [-0.1, -0.05) is 0 Å². The molecule has 86 valence electrons. The second kappa shape index (κ2) is 5.07. The lowest BCUT2D eigenvalue weighted by Crippen LogP contribution is -2.36. The lowest BCUT2D eigenvalue weighted by molar-refractivity contribution is -0.127. The molecule has 0 saturated carbocycles. The Kier molecular flexibility index (Phi) is 3.51. The highest BCUT2D eigenvalue weighted by Crippen LogP contribution is 2.22. The number of amides is 1. The van der Waals surface area contributed by atoms with E-state index in [0.29, 0.717) is 0 Å². The van der Waals surface area contributed by atoms with Gasteiger partial charge < -0.3 is 10.1 Å². The molecule has 1 fully saturated rings. The van der Waals surface area contributed by atoms with Crippen LogP contribution in [0.5, 0.6) is 0 Å². The van der Waals surface area contributed by atoms with Gasteiger partial charge >= 0.3 is 0 Å². The molecule has 2 rings (SSSR count). The summed E-state index contributed by atoms with van der Waals surface area (Å²) in [6, 6.07) is 3.63. The summed E-state index contributed by atoms with van der Waals surface area (Å²) in [5, 5.41) is 2.86. The van der Waals surface area contributed by atoms with Crippen LogP contribution in [-0.2, 0) is 9.53 Å². The number of aromatic nitrogens is 1. The van der Waals surface area contributed by atoms with Crippen molar-refractivity contribution in [3.05, 3.63) is 24.5 Å². The lowest BCUT2D eigenvalue weighted by Gasteiger charge is -2.27. The number of nitrogens with one attached hydrogen (secondary N) is 1. The van der Waals surface area contributed by atoms with E-state index in [1.165, 1.54) is 0 Å². The summed E-state index contributed by atoms with van der Waals surface area (Å²) in [7, 11) is 0. The fourth-order valence-corrected chi connectivity index (χ4v) is 1.94. The van der Waals surface area contributed by atoms with Gasteiger partial charge in [-0.25, -0.2) is 0 Å². The van der Waals surface area contributed by atoms with Crippen LogP contribution >= 0.6 is 0 Å². The third-order valence-corrected chi connectivity index (χ3v) is 2.87. The summed E-state index contributed by atoms with van der Waals surface area (Å²) in [5.41, 5.74) is 0.741. The van der Waals surface area contributed by atoms with E-state index in [4.69, 9.17) is 4.74 Å². The number of rotatable bonds is 2. The highest BCUT2D eigenvalue weighted by atomic mass is 16.5. The van der Waals surface area contributed by atoms with Crippen molar-refractivity contribution in [2.75, 3.05) is 11.9 Å². The van der Waals surface area contributed by atoms with Gasteiger partial charge in [0.25, 0.3) is 0 Å². The van der Waals surface area contributed by atoms with Crippen LogP contribution in [0, 0.1) is 5.92 Å². The van der Waals surface area contributed by atoms with E-state index in [0.717, 1.165) is 25.1 Å². The van der Waals surface area contributed by atoms with E-state index >= 15 is 0 Å². The maximum Gasteiger partial charge on any atom is 0.230 e. The average Bonchev–Trinajstić information content (AvgIpc) is 2.31. The monoisotopic (exact) mass is 220 g/mol. The molecule has 1 saturated heterocycles. The molecule has 1 N–H and O–H groups in total. The van der Waals surface area contributed by atoms with Gasteiger partial charge in [-0.15, -0.1) is 0 Å². The average molecular weight is 220 g/mol. The van der Waals surface area contributed by atoms with E-state index in [2.05, 4.69) is 10.3 Å². The molecule has 1 aromatic heterocycles. The number of hydrogen-bond donors (Lipinski definition) is 1. The van der Waals surface area contributed by atoms with Crippen LogP contribution in [0.15, 0.2) is 24.5 Å². The number of hydrogen-bond acceptors (Lipinski definition) is 3. The Labute approximate surface area is 95.0 Å². The highest BCUT2D eigenvalue weighted by Gasteiger charge is 2.28. The van der Waals surface area contributed by atoms with Crippen LogP contribution in [0.4, 0.5) is 5.69 Å². The number of carbonyl (C=O) groups excluding carboxylic acids is 1. The maximum atomic E-state index is 12.0. The molecular weight excluding hydrogens is 204 g/mol. The third kappa shape index (κ3) is 2.58. The maximum absolute atomic E-state index is 12.0. The van der Waals surface area contributed by atoms with Crippen molar-refractivity contribution < 1.29 is 9.53 Å². The molecule has 1 amide bonds. The number of ether oxygens (including phenoxy) is 1. The summed E-state index contributed by atoms with van der Waals surface area (Å²) in [4.78, 5) is 15.9.